The Kier molecular flexibility index (Phi) is 3.65. The number of aryl methyl sites for hydroxylation is 2. The van der Waals surface area contributed by atoms with Crippen LogP contribution < -0.4 is 0 Å². The van der Waals surface area contributed by atoms with E-state index in [1.165, 1.54) is 11.1 Å². The summed E-state index contributed by atoms with van der Waals surface area (Å²) in [7, 11) is 0. The summed E-state index contributed by atoms with van der Waals surface area (Å²) in [5.41, 5.74) is 2.39. The highest BCUT2D eigenvalue weighted by molar-refractivity contribution is 5.79. The molecule has 0 spiro atoms. The summed E-state index contributed by atoms with van der Waals surface area (Å²) in [6.07, 6.45) is 1.16. The van der Waals surface area contributed by atoms with Gasteiger partial charge in [-0.15, -0.1) is 0 Å². The molecule has 70 valence electrons. The maximum Gasteiger partial charge on any atom is 0.158 e. The van der Waals surface area contributed by atoms with E-state index in [9.17, 15) is 4.79 Å². The van der Waals surface area contributed by atoms with Gasteiger partial charge in [0.2, 0.25) is 0 Å². The second-order valence-corrected chi connectivity index (χ2v) is 3.12. The third-order valence-corrected chi connectivity index (χ3v) is 2.11. The first-order valence-electron chi connectivity index (χ1n) is 4.41. The van der Waals surface area contributed by atoms with E-state index in [0.717, 1.165) is 6.42 Å². The van der Waals surface area contributed by atoms with E-state index in [0.29, 0.717) is 6.42 Å². The van der Waals surface area contributed by atoms with Gasteiger partial charge in [0.15, 0.2) is 5.78 Å². The largest absolute Gasteiger partial charge is 0.389 e. The minimum absolute atomic E-state index is 0.0942. The number of ketones is 1. The Morgan fingerprint density at radius 2 is 2.08 bits per heavy atom. The molecule has 0 radical (unpaired) electrons. The number of rotatable bonds is 4. The Morgan fingerprint density at radius 3 is 2.69 bits per heavy atom. The van der Waals surface area contributed by atoms with E-state index in [4.69, 9.17) is 5.11 Å². The molecule has 0 fully saturated rings. The third-order valence-electron chi connectivity index (χ3n) is 2.11. The lowest BCUT2D eigenvalue weighted by Gasteiger charge is -2.03. The van der Waals surface area contributed by atoms with Crippen LogP contribution in [0.4, 0.5) is 0 Å². The number of aliphatic hydroxyl groups excluding tert-OH is 1. The zero-order valence-corrected chi connectivity index (χ0v) is 7.79. The number of benzene rings is 1. The highest BCUT2D eigenvalue weighted by Gasteiger charge is 2.01. The summed E-state index contributed by atoms with van der Waals surface area (Å²) in [5, 5.41) is 8.53. The highest BCUT2D eigenvalue weighted by atomic mass is 16.3. The SMILES string of the molecule is Cc1ccccc1CCC(=O)CO. The summed E-state index contributed by atoms with van der Waals surface area (Å²) < 4.78 is 0. The second kappa shape index (κ2) is 4.77. The Balaban J connectivity index is 2.54. The predicted octanol–water partition coefficient (Wildman–Crippen LogP) is 1.49. The highest BCUT2D eigenvalue weighted by Crippen LogP contribution is 2.09. The molecule has 0 heterocycles. The average molecular weight is 178 g/mol. The number of aliphatic hydroxyl groups is 1. The van der Waals surface area contributed by atoms with Crippen molar-refractivity contribution in [2.45, 2.75) is 19.8 Å². The molecule has 0 saturated carbocycles. The van der Waals surface area contributed by atoms with E-state index in [-0.39, 0.29) is 12.4 Å². The Labute approximate surface area is 78.2 Å². The van der Waals surface area contributed by atoms with E-state index < -0.39 is 0 Å². The van der Waals surface area contributed by atoms with Crippen molar-refractivity contribution >= 4 is 5.78 Å². The van der Waals surface area contributed by atoms with Crippen LogP contribution >= 0.6 is 0 Å². The minimum atomic E-state index is -0.341. The summed E-state index contributed by atoms with van der Waals surface area (Å²) in [4.78, 5) is 10.8. The van der Waals surface area contributed by atoms with Gasteiger partial charge in [-0.25, -0.2) is 0 Å². The van der Waals surface area contributed by atoms with Gasteiger partial charge in [0, 0.05) is 6.42 Å². The van der Waals surface area contributed by atoms with Gasteiger partial charge in [-0.2, -0.15) is 0 Å². The van der Waals surface area contributed by atoms with Gasteiger partial charge < -0.3 is 5.11 Å². The molecule has 0 aliphatic carbocycles. The summed E-state index contributed by atoms with van der Waals surface area (Å²) >= 11 is 0. The van der Waals surface area contributed by atoms with Crippen LogP contribution in [-0.4, -0.2) is 17.5 Å². The van der Waals surface area contributed by atoms with Crippen LogP contribution in [0, 0.1) is 6.92 Å². The number of Topliss-reactive ketones (excluding diaryl/α,β-unsaturated/α-hetero) is 1. The molecule has 2 heteroatoms. The van der Waals surface area contributed by atoms with Gasteiger partial charge in [-0.3, -0.25) is 4.79 Å². The smallest absolute Gasteiger partial charge is 0.158 e. The van der Waals surface area contributed by atoms with Crippen molar-refractivity contribution in [1.82, 2.24) is 0 Å². The zero-order chi connectivity index (χ0) is 9.68. The van der Waals surface area contributed by atoms with Gasteiger partial charge in [0.25, 0.3) is 0 Å². The Bertz CT molecular complexity index is 292. The summed E-state index contributed by atoms with van der Waals surface area (Å²) in [6, 6.07) is 7.98. The molecule has 1 aromatic carbocycles. The molecule has 0 aromatic heterocycles. The molecule has 2 nitrogen and oxygen atoms in total. The van der Waals surface area contributed by atoms with Crippen molar-refractivity contribution in [3.05, 3.63) is 35.4 Å². The van der Waals surface area contributed by atoms with E-state index in [1.54, 1.807) is 0 Å². The van der Waals surface area contributed by atoms with E-state index >= 15 is 0 Å². The Hall–Kier alpha value is -1.15. The second-order valence-electron chi connectivity index (χ2n) is 3.12. The van der Waals surface area contributed by atoms with Crippen LogP contribution in [0.1, 0.15) is 17.5 Å². The fraction of sp³-hybridized carbons (Fsp3) is 0.364. The Morgan fingerprint density at radius 1 is 1.38 bits per heavy atom. The topological polar surface area (TPSA) is 37.3 Å². The molecule has 13 heavy (non-hydrogen) atoms. The van der Waals surface area contributed by atoms with Crippen LogP contribution in [0.3, 0.4) is 0 Å². The number of carbonyl (C=O) groups excluding carboxylic acids is 1. The lowest BCUT2D eigenvalue weighted by atomic mass is 10.0. The first kappa shape index (κ1) is 9.93. The molecule has 0 aliphatic rings. The van der Waals surface area contributed by atoms with Crippen LogP contribution in [0.5, 0.6) is 0 Å². The molecule has 0 unspecified atom stereocenters. The first-order valence-corrected chi connectivity index (χ1v) is 4.41. The summed E-state index contributed by atoms with van der Waals surface area (Å²) in [6.45, 7) is 1.69. The van der Waals surface area contributed by atoms with Gasteiger partial charge in [-0.05, 0) is 24.5 Å². The number of hydrogen-bond donors (Lipinski definition) is 1. The first-order chi connectivity index (χ1) is 6.24. The zero-order valence-electron chi connectivity index (χ0n) is 7.79. The molecule has 0 aliphatic heterocycles. The molecule has 1 aromatic rings. The van der Waals surface area contributed by atoms with E-state index in [2.05, 4.69) is 0 Å². The van der Waals surface area contributed by atoms with Crippen LogP contribution in [0.15, 0.2) is 24.3 Å². The quantitative estimate of drug-likeness (QED) is 0.758. The minimum Gasteiger partial charge on any atom is -0.389 e. The van der Waals surface area contributed by atoms with Gasteiger partial charge in [0.05, 0.1) is 0 Å². The molecule has 0 amide bonds. The van der Waals surface area contributed by atoms with Crippen molar-refractivity contribution in [3.8, 4) is 0 Å². The van der Waals surface area contributed by atoms with Crippen molar-refractivity contribution in [1.29, 1.82) is 0 Å². The molecule has 1 rings (SSSR count). The monoisotopic (exact) mass is 178 g/mol. The fourth-order valence-corrected chi connectivity index (χ4v) is 1.24. The average Bonchev–Trinajstić information content (AvgIpc) is 2.16. The molecule has 1 N–H and O–H groups in total. The maximum atomic E-state index is 10.8. The molecular weight excluding hydrogens is 164 g/mol. The van der Waals surface area contributed by atoms with Crippen LogP contribution in [0.2, 0.25) is 0 Å². The van der Waals surface area contributed by atoms with Crippen LogP contribution in [0.25, 0.3) is 0 Å². The maximum absolute atomic E-state index is 10.8. The van der Waals surface area contributed by atoms with Gasteiger partial charge in [-0.1, -0.05) is 24.3 Å². The lowest BCUT2D eigenvalue weighted by Crippen LogP contribution is -2.05. The standard InChI is InChI=1S/C11H14O2/c1-9-4-2-3-5-10(9)6-7-11(13)8-12/h2-5,12H,6-8H2,1H3. The van der Waals surface area contributed by atoms with Crippen molar-refractivity contribution in [2.75, 3.05) is 6.61 Å². The fourth-order valence-electron chi connectivity index (χ4n) is 1.24. The van der Waals surface area contributed by atoms with Gasteiger partial charge >= 0.3 is 0 Å². The third kappa shape index (κ3) is 2.99. The predicted molar refractivity (Wildman–Crippen MR) is 51.6 cm³/mol. The lowest BCUT2D eigenvalue weighted by molar-refractivity contribution is -0.121. The van der Waals surface area contributed by atoms with Crippen LogP contribution in [-0.2, 0) is 11.2 Å². The molecule has 0 atom stereocenters. The van der Waals surface area contributed by atoms with E-state index in [1.807, 2.05) is 31.2 Å². The van der Waals surface area contributed by atoms with Gasteiger partial charge in [0.1, 0.15) is 6.61 Å². The molecular formula is C11H14O2. The normalized spacial score (nSPS) is 10.0. The summed E-state index contributed by atoms with van der Waals surface area (Å²) in [5.74, 6) is -0.0942. The van der Waals surface area contributed by atoms with Crippen molar-refractivity contribution < 1.29 is 9.90 Å². The molecule has 0 saturated heterocycles. The molecule has 0 bridgehead atoms. The van der Waals surface area contributed by atoms with Crippen molar-refractivity contribution in [3.63, 3.8) is 0 Å². The number of hydrogen-bond acceptors (Lipinski definition) is 2. The van der Waals surface area contributed by atoms with Crippen molar-refractivity contribution in [2.24, 2.45) is 0 Å². The number of carbonyl (C=O) groups is 1.